The summed E-state index contributed by atoms with van der Waals surface area (Å²) in [6.45, 7) is 2.20. The molecule has 0 aliphatic carbocycles. The average molecular weight is 305 g/mol. The molecule has 1 aliphatic heterocycles. The fourth-order valence-corrected chi connectivity index (χ4v) is 3.00. The van der Waals surface area contributed by atoms with E-state index >= 15 is 0 Å². The highest BCUT2D eigenvalue weighted by atomic mass is 79.9. The third-order valence-electron chi connectivity index (χ3n) is 3.71. The average Bonchev–Trinajstić information content (AvgIpc) is 2.67. The third-order valence-corrected chi connectivity index (χ3v) is 4.20. The summed E-state index contributed by atoms with van der Waals surface area (Å²) in [5.74, 6) is 0. The Morgan fingerprint density at radius 1 is 1.22 bits per heavy atom. The van der Waals surface area contributed by atoms with E-state index in [-0.39, 0.29) is 0 Å². The lowest BCUT2D eigenvalue weighted by molar-refractivity contribution is 0.370. The minimum absolute atomic E-state index is 1.06. The molecule has 2 nitrogen and oxygen atoms in total. The molecule has 0 bridgehead atoms. The predicted octanol–water partition coefficient (Wildman–Crippen LogP) is 3.66. The fourth-order valence-electron chi connectivity index (χ4n) is 2.64. The van der Waals surface area contributed by atoms with Gasteiger partial charge in [-0.05, 0) is 37.2 Å². The molecule has 0 spiro atoms. The van der Waals surface area contributed by atoms with Crippen molar-refractivity contribution in [1.29, 1.82) is 0 Å². The second kappa shape index (κ2) is 4.56. The van der Waals surface area contributed by atoms with Crippen molar-refractivity contribution in [3.8, 4) is 0 Å². The third kappa shape index (κ3) is 2.02. The first-order valence-electron chi connectivity index (χ1n) is 6.27. The Kier molecular flexibility index (Phi) is 3.04. The zero-order valence-corrected chi connectivity index (χ0v) is 12.4. The lowest BCUT2D eigenvalue weighted by Crippen LogP contribution is -2.23. The van der Waals surface area contributed by atoms with Crippen molar-refractivity contribution in [3.63, 3.8) is 0 Å². The smallest absolute Gasteiger partial charge is 0.0484 e. The number of benzene rings is 1. The minimum Gasteiger partial charge on any atom is -0.350 e. The van der Waals surface area contributed by atoms with Crippen LogP contribution in [0.4, 0.5) is 0 Å². The number of likely N-dealkylation sites (N-methyl/N-ethyl adjacent to an activating group) is 1. The normalized spacial score (nSPS) is 17.2. The fraction of sp³-hybridized carbons (Fsp3) is 0.333. The number of rotatable bonds is 1. The lowest BCUT2D eigenvalue weighted by Gasteiger charge is -2.21. The van der Waals surface area contributed by atoms with Crippen molar-refractivity contribution < 1.29 is 0 Å². The Balaban J connectivity index is 2.14. The van der Waals surface area contributed by atoms with E-state index in [2.05, 4.69) is 70.0 Å². The van der Waals surface area contributed by atoms with Crippen molar-refractivity contribution in [2.75, 3.05) is 20.1 Å². The SMILES string of the molecule is CN1CC=C(c2cn(C)c3ccc(Br)cc23)CC1. The molecular weight excluding hydrogens is 288 g/mol. The summed E-state index contributed by atoms with van der Waals surface area (Å²) in [6, 6.07) is 6.51. The summed E-state index contributed by atoms with van der Waals surface area (Å²) < 4.78 is 3.37. The summed E-state index contributed by atoms with van der Waals surface area (Å²) in [7, 11) is 4.29. The van der Waals surface area contributed by atoms with Crippen LogP contribution in [-0.4, -0.2) is 29.6 Å². The van der Waals surface area contributed by atoms with Crippen molar-refractivity contribution in [3.05, 3.63) is 40.5 Å². The van der Waals surface area contributed by atoms with Gasteiger partial charge in [-0.2, -0.15) is 0 Å². The van der Waals surface area contributed by atoms with Crippen molar-refractivity contribution in [2.24, 2.45) is 7.05 Å². The quantitative estimate of drug-likeness (QED) is 0.780. The van der Waals surface area contributed by atoms with Crippen LogP contribution >= 0.6 is 15.9 Å². The van der Waals surface area contributed by atoms with E-state index in [1.54, 1.807) is 0 Å². The first kappa shape index (κ1) is 12.0. The molecule has 3 heteroatoms. The van der Waals surface area contributed by atoms with Crippen LogP contribution in [0.25, 0.3) is 16.5 Å². The lowest BCUT2D eigenvalue weighted by atomic mass is 9.99. The summed E-state index contributed by atoms with van der Waals surface area (Å²) in [5.41, 5.74) is 4.17. The molecule has 0 unspecified atom stereocenters. The first-order valence-corrected chi connectivity index (χ1v) is 7.07. The van der Waals surface area contributed by atoms with Crippen LogP contribution in [0, 0.1) is 0 Å². The molecule has 2 aromatic rings. The Hall–Kier alpha value is -1.06. The highest BCUT2D eigenvalue weighted by Gasteiger charge is 2.14. The molecule has 0 amide bonds. The van der Waals surface area contributed by atoms with Crippen molar-refractivity contribution in [2.45, 2.75) is 6.42 Å². The molecule has 1 aromatic carbocycles. The highest BCUT2D eigenvalue weighted by Crippen LogP contribution is 2.31. The van der Waals surface area contributed by atoms with Crippen LogP contribution in [0.2, 0.25) is 0 Å². The summed E-state index contributed by atoms with van der Waals surface area (Å²) in [6.07, 6.45) is 5.76. The van der Waals surface area contributed by atoms with Gasteiger partial charge in [0.15, 0.2) is 0 Å². The number of hydrogen-bond donors (Lipinski definition) is 0. The van der Waals surface area contributed by atoms with E-state index in [9.17, 15) is 0 Å². The van der Waals surface area contributed by atoms with Gasteiger partial charge in [-0.1, -0.05) is 22.0 Å². The maximum atomic E-state index is 3.57. The molecule has 1 aliphatic rings. The number of aromatic nitrogens is 1. The highest BCUT2D eigenvalue weighted by molar-refractivity contribution is 9.10. The second-order valence-electron chi connectivity index (χ2n) is 5.06. The van der Waals surface area contributed by atoms with E-state index in [0.717, 1.165) is 24.0 Å². The Bertz CT molecular complexity index is 625. The van der Waals surface area contributed by atoms with Gasteiger partial charge in [0.25, 0.3) is 0 Å². The van der Waals surface area contributed by atoms with Gasteiger partial charge in [0.1, 0.15) is 0 Å². The first-order chi connectivity index (χ1) is 8.65. The van der Waals surface area contributed by atoms with E-state index in [4.69, 9.17) is 0 Å². The van der Waals surface area contributed by atoms with Gasteiger partial charge >= 0.3 is 0 Å². The van der Waals surface area contributed by atoms with E-state index in [0.29, 0.717) is 0 Å². The van der Waals surface area contributed by atoms with Crippen LogP contribution in [0.5, 0.6) is 0 Å². The molecule has 1 aromatic heterocycles. The molecule has 18 heavy (non-hydrogen) atoms. The molecule has 0 saturated carbocycles. The van der Waals surface area contributed by atoms with Crippen LogP contribution in [0.3, 0.4) is 0 Å². The van der Waals surface area contributed by atoms with E-state index < -0.39 is 0 Å². The van der Waals surface area contributed by atoms with Crippen LogP contribution in [0.15, 0.2) is 34.9 Å². The standard InChI is InChI=1S/C15H17BrN2/c1-17-7-5-11(6-8-17)14-10-18(2)15-4-3-12(16)9-13(14)15/h3-5,9-10H,6-8H2,1-2H3. The zero-order valence-electron chi connectivity index (χ0n) is 10.8. The number of halogens is 1. The molecular formula is C15H17BrN2. The van der Waals surface area contributed by atoms with Gasteiger partial charge in [-0.15, -0.1) is 0 Å². The van der Waals surface area contributed by atoms with E-state index in [1.165, 1.54) is 22.0 Å². The summed E-state index contributed by atoms with van der Waals surface area (Å²) in [5, 5.41) is 1.35. The largest absolute Gasteiger partial charge is 0.350 e. The van der Waals surface area contributed by atoms with Crippen molar-refractivity contribution in [1.82, 2.24) is 9.47 Å². The van der Waals surface area contributed by atoms with Gasteiger partial charge in [-0.25, -0.2) is 0 Å². The molecule has 0 N–H and O–H groups in total. The Labute approximate surface area is 116 Å². The summed E-state index contributed by atoms with van der Waals surface area (Å²) in [4.78, 5) is 2.35. The summed E-state index contributed by atoms with van der Waals surface area (Å²) >= 11 is 3.57. The Morgan fingerprint density at radius 3 is 2.78 bits per heavy atom. The molecule has 0 atom stereocenters. The number of nitrogens with zero attached hydrogens (tertiary/aromatic N) is 2. The van der Waals surface area contributed by atoms with Gasteiger partial charge < -0.3 is 9.47 Å². The van der Waals surface area contributed by atoms with Crippen LogP contribution in [-0.2, 0) is 7.05 Å². The van der Waals surface area contributed by atoms with Crippen LogP contribution < -0.4 is 0 Å². The second-order valence-corrected chi connectivity index (χ2v) is 5.97. The van der Waals surface area contributed by atoms with Gasteiger partial charge in [0, 0.05) is 47.3 Å². The maximum Gasteiger partial charge on any atom is 0.0484 e. The molecule has 94 valence electrons. The molecule has 2 heterocycles. The van der Waals surface area contributed by atoms with Gasteiger partial charge in [-0.3, -0.25) is 0 Å². The van der Waals surface area contributed by atoms with Gasteiger partial charge in [0.2, 0.25) is 0 Å². The maximum absolute atomic E-state index is 3.57. The molecule has 0 saturated heterocycles. The Morgan fingerprint density at radius 2 is 2.06 bits per heavy atom. The minimum atomic E-state index is 1.06. The predicted molar refractivity (Wildman–Crippen MR) is 80.7 cm³/mol. The molecule has 0 radical (unpaired) electrons. The molecule has 3 rings (SSSR count). The van der Waals surface area contributed by atoms with Crippen LogP contribution in [0.1, 0.15) is 12.0 Å². The number of hydrogen-bond acceptors (Lipinski definition) is 1. The topological polar surface area (TPSA) is 8.17 Å². The number of fused-ring (bicyclic) bond motifs is 1. The van der Waals surface area contributed by atoms with Crippen molar-refractivity contribution >= 4 is 32.4 Å². The number of aryl methyl sites for hydroxylation is 1. The van der Waals surface area contributed by atoms with E-state index in [1.807, 2.05) is 0 Å². The monoisotopic (exact) mass is 304 g/mol. The zero-order chi connectivity index (χ0) is 12.7. The van der Waals surface area contributed by atoms with Gasteiger partial charge in [0.05, 0.1) is 0 Å². The molecule has 0 fully saturated rings.